The maximum absolute atomic E-state index is 12.4. The third-order valence-corrected chi connectivity index (χ3v) is 4.57. The second-order valence-corrected chi connectivity index (χ2v) is 6.55. The van der Waals surface area contributed by atoms with Crippen LogP contribution in [-0.2, 0) is 6.42 Å². The highest BCUT2D eigenvalue weighted by Crippen LogP contribution is 2.10. The third-order valence-electron chi connectivity index (χ3n) is 4.57. The van der Waals surface area contributed by atoms with Gasteiger partial charge in [0.2, 0.25) is 0 Å². The SMILES string of the molecule is CCNC(=NCCc1ccc(C)nc1)N1CCN(C(=O)c2ccco2)CC1.I. The van der Waals surface area contributed by atoms with Crippen LogP contribution in [0, 0.1) is 6.92 Å². The van der Waals surface area contributed by atoms with Crippen molar-refractivity contribution in [1.82, 2.24) is 20.1 Å². The maximum atomic E-state index is 12.4. The van der Waals surface area contributed by atoms with Crippen molar-refractivity contribution in [2.24, 2.45) is 4.99 Å². The molecule has 0 bridgehead atoms. The molecule has 1 aliphatic heterocycles. The van der Waals surface area contributed by atoms with Crippen LogP contribution in [0.1, 0.15) is 28.7 Å². The predicted molar refractivity (Wildman–Crippen MR) is 120 cm³/mol. The molecule has 28 heavy (non-hydrogen) atoms. The van der Waals surface area contributed by atoms with Crippen molar-refractivity contribution in [2.45, 2.75) is 20.3 Å². The first kappa shape index (κ1) is 22.2. The second-order valence-electron chi connectivity index (χ2n) is 6.55. The van der Waals surface area contributed by atoms with E-state index in [1.54, 1.807) is 12.1 Å². The van der Waals surface area contributed by atoms with E-state index in [4.69, 9.17) is 9.41 Å². The van der Waals surface area contributed by atoms with E-state index in [-0.39, 0.29) is 29.9 Å². The molecule has 3 heterocycles. The number of carbonyl (C=O) groups is 1. The lowest BCUT2D eigenvalue weighted by Gasteiger charge is -2.36. The molecule has 0 atom stereocenters. The number of halogens is 1. The number of guanidine groups is 1. The lowest BCUT2D eigenvalue weighted by molar-refractivity contribution is 0.0657. The summed E-state index contributed by atoms with van der Waals surface area (Å²) in [5.41, 5.74) is 2.21. The molecular weight excluding hydrogens is 469 g/mol. The molecule has 2 aromatic rings. The summed E-state index contributed by atoms with van der Waals surface area (Å²) < 4.78 is 5.22. The van der Waals surface area contributed by atoms with Crippen molar-refractivity contribution in [3.8, 4) is 0 Å². The van der Waals surface area contributed by atoms with Crippen LogP contribution in [-0.4, -0.2) is 65.9 Å². The van der Waals surface area contributed by atoms with E-state index in [1.807, 2.05) is 24.1 Å². The summed E-state index contributed by atoms with van der Waals surface area (Å²) in [6.45, 7) is 8.40. The third kappa shape index (κ3) is 5.95. The summed E-state index contributed by atoms with van der Waals surface area (Å²) in [5, 5.41) is 3.36. The number of aromatic nitrogens is 1. The van der Waals surface area contributed by atoms with Crippen molar-refractivity contribution < 1.29 is 9.21 Å². The zero-order valence-corrected chi connectivity index (χ0v) is 18.8. The Balaban J connectivity index is 0.00000280. The number of hydrogen-bond donors (Lipinski definition) is 1. The lowest BCUT2D eigenvalue weighted by Crippen LogP contribution is -2.53. The van der Waals surface area contributed by atoms with Crippen molar-refractivity contribution in [2.75, 3.05) is 39.3 Å². The summed E-state index contributed by atoms with van der Waals surface area (Å²) in [6, 6.07) is 7.58. The van der Waals surface area contributed by atoms with Gasteiger partial charge in [-0.2, -0.15) is 0 Å². The minimum Gasteiger partial charge on any atom is -0.459 e. The zero-order chi connectivity index (χ0) is 19.1. The Kier molecular flexibility index (Phi) is 8.75. The van der Waals surface area contributed by atoms with Crippen LogP contribution in [0.3, 0.4) is 0 Å². The fourth-order valence-corrected chi connectivity index (χ4v) is 3.04. The molecule has 1 amide bonds. The van der Waals surface area contributed by atoms with Gasteiger partial charge in [-0.15, -0.1) is 24.0 Å². The highest BCUT2D eigenvalue weighted by atomic mass is 127. The number of carbonyl (C=O) groups excluding carboxylic acids is 1. The summed E-state index contributed by atoms with van der Waals surface area (Å²) in [7, 11) is 0. The Bertz CT molecular complexity index is 753. The highest BCUT2D eigenvalue weighted by Gasteiger charge is 2.25. The van der Waals surface area contributed by atoms with E-state index in [2.05, 4.69) is 28.2 Å². The molecule has 0 aliphatic carbocycles. The number of amides is 1. The van der Waals surface area contributed by atoms with E-state index in [1.165, 1.54) is 11.8 Å². The van der Waals surface area contributed by atoms with E-state index >= 15 is 0 Å². The quantitative estimate of drug-likeness (QED) is 0.391. The van der Waals surface area contributed by atoms with Gasteiger partial charge in [-0.05, 0) is 44.0 Å². The Labute approximate surface area is 183 Å². The molecule has 1 fully saturated rings. The first-order chi connectivity index (χ1) is 13.2. The maximum Gasteiger partial charge on any atom is 0.289 e. The Morgan fingerprint density at radius 3 is 2.57 bits per heavy atom. The molecule has 2 aromatic heterocycles. The molecule has 152 valence electrons. The average molecular weight is 497 g/mol. The monoisotopic (exact) mass is 497 g/mol. The van der Waals surface area contributed by atoms with Gasteiger partial charge in [-0.3, -0.25) is 14.8 Å². The van der Waals surface area contributed by atoms with E-state index < -0.39 is 0 Å². The number of rotatable bonds is 5. The van der Waals surface area contributed by atoms with Crippen LogP contribution in [0.4, 0.5) is 0 Å². The molecule has 0 spiro atoms. The summed E-state index contributed by atoms with van der Waals surface area (Å²) >= 11 is 0. The highest BCUT2D eigenvalue weighted by molar-refractivity contribution is 14.0. The molecule has 7 nitrogen and oxygen atoms in total. The minimum atomic E-state index is -0.0477. The lowest BCUT2D eigenvalue weighted by atomic mass is 10.2. The van der Waals surface area contributed by atoms with Gasteiger partial charge in [0.05, 0.1) is 6.26 Å². The standard InChI is InChI=1S/C20H27N5O2.HI/c1-3-21-20(22-9-8-17-7-6-16(2)23-15-17)25-12-10-24(11-13-25)19(26)18-5-4-14-27-18;/h4-7,14-15H,3,8-13H2,1-2H3,(H,21,22);1H. The van der Waals surface area contributed by atoms with Crippen molar-refractivity contribution in [1.29, 1.82) is 0 Å². The minimum absolute atomic E-state index is 0. The molecule has 1 saturated heterocycles. The van der Waals surface area contributed by atoms with Gasteiger partial charge in [0.1, 0.15) is 0 Å². The fraction of sp³-hybridized carbons (Fsp3) is 0.450. The Hall–Kier alpha value is -2.10. The largest absolute Gasteiger partial charge is 0.459 e. The predicted octanol–water partition coefficient (Wildman–Crippen LogP) is 2.57. The normalized spacial score (nSPS) is 14.6. The number of nitrogens with one attached hydrogen (secondary N) is 1. The van der Waals surface area contributed by atoms with Gasteiger partial charge in [-0.25, -0.2) is 0 Å². The van der Waals surface area contributed by atoms with Gasteiger partial charge in [0, 0.05) is 51.2 Å². The van der Waals surface area contributed by atoms with Crippen LogP contribution in [0.5, 0.6) is 0 Å². The van der Waals surface area contributed by atoms with Crippen LogP contribution in [0.25, 0.3) is 0 Å². The van der Waals surface area contributed by atoms with E-state index in [0.29, 0.717) is 25.4 Å². The van der Waals surface area contributed by atoms with Crippen molar-refractivity contribution in [3.05, 3.63) is 53.7 Å². The molecule has 3 rings (SSSR count). The summed E-state index contributed by atoms with van der Waals surface area (Å²) in [5.74, 6) is 1.26. The number of pyridine rings is 1. The summed E-state index contributed by atoms with van der Waals surface area (Å²) in [4.78, 5) is 25.5. The van der Waals surface area contributed by atoms with Gasteiger partial charge >= 0.3 is 0 Å². The smallest absolute Gasteiger partial charge is 0.289 e. The number of furan rings is 1. The van der Waals surface area contributed by atoms with Crippen LogP contribution >= 0.6 is 24.0 Å². The van der Waals surface area contributed by atoms with Crippen LogP contribution in [0.15, 0.2) is 46.1 Å². The summed E-state index contributed by atoms with van der Waals surface area (Å²) in [6.07, 6.45) is 4.30. The van der Waals surface area contributed by atoms with Crippen LogP contribution < -0.4 is 5.32 Å². The molecular formula is C20H28IN5O2. The van der Waals surface area contributed by atoms with E-state index in [9.17, 15) is 4.79 Å². The zero-order valence-electron chi connectivity index (χ0n) is 16.4. The number of hydrogen-bond acceptors (Lipinski definition) is 4. The molecule has 1 aliphatic rings. The second kappa shape index (κ2) is 11.0. The fourth-order valence-electron chi connectivity index (χ4n) is 3.04. The van der Waals surface area contributed by atoms with Crippen LogP contribution in [0.2, 0.25) is 0 Å². The first-order valence-electron chi connectivity index (χ1n) is 9.45. The van der Waals surface area contributed by atoms with Gasteiger partial charge in [0.25, 0.3) is 5.91 Å². The number of piperazine rings is 1. The molecule has 0 saturated carbocycles. The number of nitrogens with zero attached hydrogens (tertiary/aromatic N) is 4. The first-order valence-corrected chi connectivity index (χ1v) is 9.45. The molecule has 8 heteroatoms. The number of aryl methyl sites for hydroxylation is 1. The van der Waals surface area contributed by atoms with Crippen molar-refractivity contribution >= 4 is 35.8 Å². The molecule has 1 N–H and O–H groups in total. The topological polar surface area (TPSA) is 74.0 Å². The van der Waals surface area contributed by atoms with Crippen molar-refractivity contribution in [3.63, 3.8) is 0 Å². The molecule has 0 aromatic carbocycles. The Morgan fingerprint density at radius 2 is 1.96 bits per heavy atom. The van der Waals surface area contributed by atoms with E-state index in [0.717, 1.165) is 37.7 Å². The van der Waals surface area contributed by atoms with Gasteiger partial charge < -0.3 is 19.5 Å². The Morgan fingerprint density at radius 1 is 1.21 bits per heavy atom. The molecule has 0 unspecified atom stereocenters. The van der Waals surface area contributed by atoms with Gasteiger partial charge in [0.15, 0.2) is 11.7 Å². The number of aliphatic imine (C=N–C) groups is 1. The average Bonchev–Trinajstić information content (AvgIpc) is 3.23. The molecule has 0 radical (unpaired) electrons. The van der Waals surface area contributed by atoms with Gasteiger partial charge in [-0.1, -0.05) is 6.07 Å².